The minimum absolute atomic E-state index is 0.00710. The third-order valence-electron chi connectivity index (χ3n) is 3.01. The Morgan fingerprint density at radius 2 is 2.21 bits per heavy atom. The lowest BCUT2D eigenvalue weighted by atomic mass is 10.1. The van der Waals surface area contributed by atoms with Gasteiger partial charge in [0.25, 0.3) is 0 Å². The van der Waals surface area contributed by atoms with Gasteiger partial charge in [-0.3, -0.25) is 0 Å². The van der Waals surface area contributed by atoms with E-state index in [1.165, 1.54) is 0 Å². The average Bonchev–Trinajstić information content (AvgIpc) is 2.44. The van der Waals surface area contributed by atoms with Crippen LogP contribution in [-0.2, 0) is 6.54 Å². The molecule has 1 rings (SSSR count). The fourth-order valence-corrected chi connectivity index (χ4v) is 1.49. The van der Waals surface area contributed by atoms with E-state index in [1.54, 1.807) is 18.2 Å². The summed E-state index contributed by atoms with van der Waals surface area (Å²) in [5.41, 5.74) is 1.44. The van der Waals surface area contributed by atoms with E-state index in [2.05, 4.69) is 16.7 Å². The van der Waals surface area contributed by atoms with Crippen LogP contribution in [-0.4, -0.2) is 23.8 Å². The second-order valence-electron chi connectivity index (χ2n) is 4.59. The number of carbonyl (C=O) groups is 1. The van der Waals surface area contributed by atoms with Crippen molar-refractivity contribution < 1.29 is 9.90 Å². The summed E-state index contributed by atoms with van der Waals surface area (Å²) in [6.07, 6.45) is 0. The topological polar surface area (TPSA) is 85.2 Å². The van der Waals surface area contributed by atoms with Gasteiger partial charge in [0.05, 0.1) is 11.6 Å². The number of amides is 2. The zero-order valence-corrected chi connectivity index (χ0v) is 11.2. The lowest BCUT2D eigenvalue weighted by Gasteiger charge is -2.19. The number of aliphatic hydroxyl groups excluding tert-OH is 1. The van der Waals surface area contributed by atoms with E-state index in [4.69, 9.17) is 10.4 Å². The van der Waals surface area contributed by atoms with Gasteiger partial charge in [0.2, 0.25) is 0 Å². The molecule has 2 atom stereocenters. The molecule has 0 saturated carbocycles. The van der Waals surface area contributed by atoms with E-state index in [0.717, 1.165) is 5.56 Å². The minimum Gasteiger partial charge on any atom is -0.396 e. The molecule has 1 aromatic rings. The number of aliphatic hydroxyl groups is 1. The molecule has 0 aromatic heterocycles. The third kappa shape index (κ3) is 4.98. The molecule has 19 heavy (non-hydrogen) atoms. The van der Waals surface area contributed by atoms with Gasteiger partial charge in [-0.15, -0.1) is 0 Å². The number of hydrogen-bond acceptors (Lipinski definition) is 3. The standard InChI is InChI=1S/C14H19N3O2/c1-10(9-18)11(2)17-14(19)16-8-13-5-3-4-12(6-13)7-15/h3-6,10-11,18H,8-9H2,1-2H3,(H2,16,17,19). The Balaban J connectivity index is 2.44. The molecule has 0 saturated heterocycles. The van der Waals surface area contributed by atoms with Gasteiger partial charge in [-0.25, -0.2) is 4.79 Å². The number of nitrogens with zero attached hydrogens (tertiary/aromatic N) is 1. The van der Waals surface area contributed by atoms with Crippen molar-refractivity contribution in [1.82, 2.24) is 10.6 Å². The Bertz CT molecular complexity index is 468. The van der Waals surface area contributed by atoms with Gasteiger partial charge in [-0.05, 0) is 30.5 Å². The highest BCUT2D eigenvalue weighted by molar-refractivity contribution is 5.74. The maximum atomic E-state index is 11.6. The number of hydrogen-bond donors (Lipinski definition) is 3. The van der Waals surface area contributed by atoms with Crippen molar-refractivity contribution in [2.24, 2.45) is 5.92 Å². The molecule has 2 unspecified atom stereocenters. The molecule has 3 N–H and O–H groups in total. The second-order valence-corrected chi connectivity index (χ2v) is 4.59. The number of carbonyl (C=O) groups excluding carboxylic acids is 1. The van der Waals surface area contributed by atoms with Crippen molar-refractivity contribution in [1.29, 1.82) is 5.26 Å². The van der Waals surface area contributed by atoms with Gasteiger partial charge in [0.15, 0.2) is 0 Å². The van der Waals surface area contributed by atoms with Crippen LogP contribution in [0, 0.1) is 17.2 Å². The molecule has 2 amide bonds. The number of urea groups is 1. The van der Waals surface area contributed by atoms with Crippen LogP contribution in [0.1, 0.15) is 25.0 Å². The summed E-state index contributed by atoms with van der Waals surface area (Å²) in [6, 6.07) is 8.75. The molecule has 102 valence electrons. The first-order valence-electron chi connectivity index (χ1n) is 6.21. The smallest absolute Gasteiger partial charge is 0.315 e. The van der Waals surface area contributed by atoms with Crippen molar-refractivity contribution in [3.63, 3.8) is 0 Å². The summed E-state index contributed by atoms with van der Waals surface area (Å²) in [7, 11) is 0. The third-order valence-corrected chi connectivity index (χ3v) is 3.01. The first-order chi connectivity index (χ1) is 9.06. The molecule has 0 aliphatic carbocycles. The van der Waals surface area contributed by atoms with E-state index < -0.39 is 0 Å². The van der Waals surface area contributed by atoms with Crippen molar-refractivity contribution in [2.45, 2.75) is 26.4 Å². The molecule has 0 radical (unpaired) electrons. The molecular weight excluding hydrogens is 242 g/mol. The predicted molar refractivity (Wildman–Crippen MR) is 72.2 cm³/mol. The molecule has 5 nitrogen and oxygen atoms in total. The van der Waals surface area contributed by atoms with Crippen LogP contribution in [0.2, 0.25) is 0 Å². The SMILES string of the molecule is CC(CO)C(C)NC(=O)NCc1cccc(C#N)c1. The van der Waals surface area contributed by atoms with Crippen molar-refractivity contribution in [3.05, 3.63) is 35.4 Å². The van der Waals surface area contributed by atoms with E-state index in [1.807, 2.05) is 19.9 Å². The maximum absolute atomic E-state index is 11.6. The highest BCUT2D eigenvalue weighted by Crippen LogP contribution is 2.04. The van der Waals surface area contributed by atoms with Crippen LogP contribution in [0.4, 0.5) is 4.79 Å². The highest BCUT2D eigenvalue weighted by Gasteiger charge is 2.13. The first-order valence-corrected chi connectivity index (χ1v) is 6.21. The summed E-state index contributed by atoms with van der Waals surface area (Å²) in [6.45, 7) is 4.10. The largest absolute Gasteiger partial charge is 0.396 e. The van der Waals surface area contributed by atoms with Gasteiger partial charge in [-0.1, -0.05) is 19.1 Å². The van der Waals surface area contributed by atoms with Crippen LogP contribution in [0.25, 0.3) is 0 Å². The summed E-state index contributed by atoms with van der Waals surface area (Å²) in [5, 5.41) is 23.2. The van der Waals surface area contributed by atoms with Crippen LogP contribution >= 0.6 is 0 Å². The zero-order valence-electron chi connectivity index (χ0n) is 11.2. The Hall–Kier alpha value is -2.06. The van der Waals surface area contributed by atoms with E-state index in [0.29, 0.717) is 12.1 Å². The predicted octanol–water partition coefficient (Wildman–Crippen LogP) is 1.37. The summed E-state index contributed by atoms with van der Waals surface area (Å²) < 4.78 is 0. The average molecular weight is 261 g/mol. The Labute approximate surface area is 113 Å². The number of benzene rings is 1. The molecule has 0 heterocycles. The Morgan fingerprint density at radius 1 is 1.47 bits per heavy atom. The van der Waals surface area contributed by atoms with Crippen molar-refractivity contribution in [2.75, 3.05) is 6.61 Å². The highest BCUT2D eigenvalue weighted by atomic mass is 16.3. The fourth-order valence-electron chi connectivity index (χ4n) is 1.49. The number of nitriles is 1. The van der Waals surface area contributed by atoms with Crippen LogP contribution in [0.5, 0.6) is 0 Å². The molecule has 0 aliphatic rings. The normalized spacial score (nSPS) is 13.2. The maximum Gasteiger partial charge on any atom is 0.315 e. The Kier molecular flexibility index (Phi) is 5.83. The van der Waals surface area contributed by atoms with Gasteiger partial charge in [0.1, 0.15) is 0 Å². The van der Waals surface area contributed by atoms with Crippen molar-refractivity contribution >= 4 is 6.03 Å². The van der Waals surface area contributed by atoms with E-state index >= 15 is 0 Å². The second kappa shape index (κ2) is 7.39. The van der Waals surface area contributed by atoms with Gasteiger partial charge in [0, 0.05) is 19.2 Å². The molecule has 0 spiro atoms. The summed E-state index contributed by atoms with van der Waals surface area (Å²) in [5.74, 6) is 0.00710. The minimum atomic E-state index is -0.282. The lowest BCUT2D eigenvalue weighted by Crippen LogP contribution is -2.43. The monoisotopic (exact) mass is 261 g/mol. The molecule has 1 aromatic carbocycles. The number of rotatable bonds is 5. The van der Waals surface area contributed by atoms with Crippen LogP contribution in [0.15, 0.2) is 24.3 Å². The Morgan fingerprint density at radius 3 is 2.84 bits per heavy atom. The number of nitrogens with one attached hydrogen (secondary N) is 2. The molecular formula is C14H19N3O2. The molecule has 0 bridgehead atoms. The fraction of sp³-hybridized carbons (Fsp3) is 0.429. The van der Waals surface area contributed by atoms with Crippen LogP contribution < -0.4 is 10.6 Å². The van der Waals surface area contributed by atoms with Gasteiger partial charge in [-0.2, -0.15) is 5.26 Å². The summed E-state index contributed by atoms with van der Waals surface area (Å²) in [4.78, 5) is 11.6. The van der Waals surface area contributed by atoms with E-state index in [9.17, 15) is 4.79 Å². The zero-order chi connectivity index (χ0) is 14.3. The molecule has 5 heteroatoms. The lowest BCUT2D eigenvalue weighted by molar-refractivity contribution is 0.200. The summed E-state index contributed by atoms with van der Waals surface area (Å²) >= 11 is 0. The first kappa shape index (κ1) is 15.0. The molecule has 0 aliphatic heterocycles. The van der Waals surface area contributed by atoms with Crippen LogP contribution in [0.3, 0.4) is 0 Å². The van der Waals surface area contributed by atoms with Crippen molar-refractivity contribution in [3.8, 4) is 6.07 Å². The van der Waals surface area contributed by atoms with E-state index in [-0.39, 0.29) is 24.6 Å². The molecule has 0 fully saturated rings. The quantitative estimate of drug-likeness (QED) is 0.748. The van der Waals surface area contributed by atoms with Gasteiger partial charge < -0.3 is 15.7 Å². The van der Waals surface area contributed by atoms with Gasteiger partial charge >= 0.3 is 6.03 Å².